The van der Waals surface area contributed by atoms with Crippen LogP contribution < -0.4 is 5.69 Å². The lowest BCUT2D eigenvalue weighted by Gasteiger charge is -1.83. The Morgan fingerprint density at radius 2 is 2.20 bits per heavy atom. The summed E-state index contributed by atoms with van der Waals surface area (Å²) in [6.07, 6.45) is 4.09. The van der Waals surface area contributed by atoms with Gasteiger partial charge in [-0.2, -0.15) is 9.78 Å². The molecule has 1 heterocycles. The van der Waals surface area contributed by atoms with Crippen molar-refractivity contribution in [1.29, 1.82) is 0 Å². The number of aromatic nitrogens is 3. The summed E-state index contributed by atoms with van der Waals surface area (Å²) in [6.45, 7) is 6.81. The highest BCUT2D eigenvalue weighted by molar-refractivity contribution is 5.18. The minimum atomic E-state index is -0.259. The molecule has 1 rings (SSSR count). The van der Waals surface area contributed by atoms with E-state index in [2.05, 4.69) is 18.3 Å². The van der Waals surface area contributed by atoms with Crippen molar-refractivity contribution in [3.63, 3.8) is 0 Å². The zero-order valence-electron chi connectivity index (χ0n) is 5.40. The highest BCUT2D eigenvalue weighted by Gasteiger charge is 1.95. The van der Waals surface area contributed by atoms with Crippen LogP contribution in [0.1, 0.15) is 0 Å². The third kappa shape index (κ3) is 0.793. The van der Waals surface area contributed by atoms with E-state index in [1.807, 2.05) is 0 Å². The Labute approximate surface area is 57.7 Å². The van der Waals surface area contributed by atoms with Gasteiger partial charge in [0.15, 0.2) is 0 Å². The molecule has 0 atom stereocenters. The first-order chi connectivity index (χ1) is 4.79. The lowest BCUT2D eigenvalue weighted by molar-refractivity contribution is 0.886. The zero-order valence-corrected chi connectivity index (χ0v) is 5.40. The van der Waals surface area contributed by atoms with Crippen molar-refractivity contribution >= 4 is 12.4 Å². The molecule has 0 bridgehead atoms. The zero-order chi connectivity index (χ0) is 7.56. The Hall–Kier alpha value is -1.58. The average Bonchev–Trinajstić information content (AvgIpc) is 2.30. The summed E-state index contributed by atoms with van der Waals surface area (Å²) in [4.78, 5) is 11.0. The van der Waals surface area contributed by atoms with E-state index in [-0.39, 0.29) is 5.69 Å². The van der Waals surface area contributed by atoms with Crippen molar-refractivity contribution in [2.75, 3.05) is 0 Å². The van der Waals surface area contributed by atoms with E-state index in [9.17, 15) is 4.79 Å². The van der Waals surface area contributed by atoms with E-state index in [1.54, 1.807) is 0 Å². The Morgan fingerprint density at radius 1 is 1.50 bits per heavy atom. The molecule has 0 unspecified atom stereocenters. The molecule has 1 aromatic rings. The molecule has 0 spiro atoms. The second-order valence-electron chi connectivity index (χ2n) is 1.63. The molecule has 0 saturated heterocycles. The van der Waals surface area contributed by atoms with Crippen LogP contribution in [0.15, 0.2) is 24.3 Å². The second kappa shape index (κ2) is 2.34. The van der Waals surface area contributed by atoms with Gasteiger partial charge in [0.05, 0.1) is 0 Å². The molecular formula is C6H7N3O. The maximum Gasteiger partial charge on any atom is 0.354 e. The van der Waals surface area contributed by atoms with Crippen molar-refractivity contribution < 1.29 is 0 Å². The van der Waals surface area contributed by atoms with Gasteiger partial charge >= 0.3 is 5.69 Å². The van der Waals surface area contributed by atoms with Gasteiger partial charge in [-0.3, -0.25) is 4.57 Å². The van der Waals surface area contributed by atoms with Crippen molar-refractivity contribution in [3.8, 4) is 0 Å². The Balaban J connectivity index is 3.34. The quantitative estimate of drug-likeness (QED) is 0.586. The third-order valence-electron chi connectivity index (χ3n) is 1.09. The molecule has 0 aromatic carbocycles. The first kappa shape index (κ1) is 6.54. The van der Waals surface area contributed by atoms with Crippen LogP contribution in [0.2, 0.25) is 0 Å². The van der Waals surface area contributed by atoms with Gasteiger partial charge in [-0.15, -0.1) is 0 Å². The normalized spacial score (nSPS) is 9.20. The van der Waals surface area contributed by atoms with E-state index in [0.717, 1.165) is 4.68 Å². The topological polar surface area (TPSA) is 39.8 Å². The molecule has 1 aromatic heterocycles. The summed E-state index contributed by atoms with van der Waals surface area (Å²) in [7, 11) is 0. The molecule has 4 heteroatoms. The van der Waals surface area contributed by atoms with Gasteiger partial charge in [0.25, 0.3) is 0 Å². The SMILES string of the molecule is C=Cn1cnn(C=C)c1=O. The van der Waals surface area contributed by atoms with E-state index in [0.29, 0.717) is 0 Å². The number of nitrogens with zero attached hydrogens (tertiary/aromatic N) is 3. The van der Waals surface area contributed by atoms with Gasteiger partial charge in [-0.1, -0.05) is 13.2 Å². The van der Waals surface area contributed by atoms with E-state index in [4.69, 9.17) is 0 Å². The fraction of sp³-hybridized carbons (Fsp3) is 0. The number of rotatable bonds is 2. The van der Waals surface area contributed by atoms with Crippen LogP contribution in [-0.4, -0.2) is 14.3 Å². The molecule has 0 N–H and O–H groups in total. The Kier molecular flexibility index (Phi) is 1.53. The predicted molar refractivity (Wildman–Crippen MR) is 39.3 cm³/mol. The number of hydrogen-bond donors (Lipinski definition) is 0. The Bertz CT molecular complexity index is 279. The van der Waals surface area contributed by atoms with Crippen LogP contribution in [-0.2, 0) is 0 Å². The van der Waals surface area contributed by atoms with Crippen molar-refractivity contribution in [2.45, 2.75) is 0 Å². The molecule has 52 valence electrons. The summed E-state index contributed by atoms with van der Waals surface area (Å²) < 4.78 is 2.39. The molecular weight excluding hydrogens is 130 g/mol. The van der Waals surface area contributed by atoms with Crippen LogP contribution in [0.3, 0.4) is 0 Å². The van der Waals surface area contributed by atoms with Gasteiger partial charge in [-0.05, 0) is 0 Å². The summed E-state index contributed by atoms with van der Waals surface area (Å²) in [5.41, 5.74) is -0.259. The van der Waals surface area contributed by atoms with Gasteiger partial charge in [0.1, 0.15) is 6.33 Å². The highest BCUT2D eigenvalue weighted by atomic mass is 16.2. The van der Waals surface area contributed by atoms with E-state index in [1.165, 1.54) is 23.3 Å². The monoisotopic (exact) mass is 137 g/mol. The van der Waals surface area contributed by atoms with Crippen LogP contribution in [0.4, 0.5) is 0 Å². The van der Waals surface area contributed by atoms with Crippen molar-refractivity contribution in [1.82, 2.24) is 14.3 Å². The van der Waals surface area contributed by atoms with Crippen molar-refractivity contribution in [3.05, 3.63) is 30.0 Å². The fourth-order valence-electron chi connectivity index (χ4n) is 0.579. The number of hydrogen-bond acceptors (Lipinski definition) is 2. The van der Waals surface area contributed by atoms with Gasteiger partial charge < -0.3 is 0 Å². The maximum atomic E-state index is 11.0. The molecule has 0 saturated carbocycles. The van der Waals surface area contributed by atoms with Crippen LogP contribution >= 0.6 is 0 Å². The molecule has 10 heavy (non-hydrogen) atoms. The van der Waals surface area contributed by atoms with Gasteiger partial charge in [-0.25, -0.2) is 4.79 Å². The largest absolute Gasteiger partial charge is 0.354 e. The van der Waals surface area contributed by atoms with E-state index < -0.39 is 0 Å². The minimum absolute atomic E-state index is 0.259. The summed E-state index contributed by atoms with van der Waals surface area (Å²) in [5, 5.41) is 3.68. The molecule has 0 amide bonds. The van der Waals surface area contributed by atoms with Crippen LogP contribution in [0.5, 0.6) is 0 Å². The minimum Gasteiger partial charge on any atom is -0.257 e. The maximum absolute atomic E-state index is 11.0. The lowest BCUT2D eigenvalue weighted by atomic mass is 10.9. The molecule has 0 radical (unpaired) electrons. The predicted octanol–water partition coefficient (Wildman–Crippen LogP) is 0.246. The molecule has 0 aliphatic carbocycles. The summed E-state index contributed by atoms with van der Waals surface area (Å²) >= 11 is 0. The van der Waals surface area contributed by atoms with Gasteiger partial charge in [0.2, 0.25) is 0 Å². The standard InChI is InChI=1S/C6H7N3O/c1-3-8-5-7-9(4-2)6(8)10/h3-5H,1-2H2. The Morgan fingerprint density at radius 3 is 2.50 bits per heavy atom. The average molecular weight is 137 g/mol. The summed E-state index contributed by atoms with van der Waals surface area (Å²) in [6, 6.07) is 0. The first-order valence-corrected chi connectivity index (χ1v) is 2.70. The van der Waals surface area contributed by atoms with Crippen LogP contribution in [0.25, 0.3) is 12.4 Å². The highest BCUT2D eigenvalue weighted by Crippen LogP contribution is 1.77. The summed E-state index contributed by atoms with van der Waals surface area (Å²) in [5.74, 6) is 0. The fourth-order valence-corrected chi connectivity index (χ4v) is 0.579. The van der Waals surface area contributed by atoms with E-state index >= 15 is 0 Å². The molecule has 0 aliphatic rings. The third-order valence-corrected chi connectivity index (χ3v) is 1.09. The second-order valence-corrected chi connectivity index (χ2v) is 1.63. The molecule has 0 fully saturated rings. The molecule has 0 aliphatic heterocycles. The smallest absolute Gasteiger partial charge is 0.257 e. The van der Waals surface area contributed by atoms with Crippen molar-refractivity contribution in [2.24, 2.45) is 0 Å². The lowest BCUT2D eigenvalue weighted by Crippen LogP contribution is -2.17. The van der Waals surface area contributed by atoms with Crippen LogP contribution in [0, 0.1) is 0 Å². The molecule has 4 nitrogen and oxygen atoms in total. The first-order valence-electron chi connectivity index (χ1n) is 2.70. The van der Waals surface area contributed by atoms with Gasteiger partial charge in [0, 0.05) is 12.4 Å².